The van der Waals surface area contributed by atoms with E-state index in [-0.39, 0.29) is 29.1 Å². The molecule has 0 aliphatic carbocycles. The Labute approximate surface area is 234 Å². The predicted molar refractivity (Wildman–Crippen MR) is 152 cm³/mol. The smallest absolute Gasteiger partial charge is 0.308 e. The molecule has 38 heavy (non-hydrogen) atoms. The Bertz CT molecular complexity index is 1600. The van der Waals surface area contributed by atoms with Crippen molar-refractivity contribution >= 4 is 68.1 Å². The van der Waals surface area contributed by atoms with E-state index >= 15 is 0 Å². The Kier molecular flexibility index (Phi) is 6.55. The highest BCUT2D eigenvalue weighted by Gasteiger charge is 2.56. The minimum atomic E-state index is -0.721. The Morgan fingerprint density at radius 1 is 0.868 bits per heavy atom. The lowest BCUT2D eigenvalue weighted by Crippen LogP contribution is -2.33. The van der Waals surface area contributed by atoms with Gasteiger partial charge in [-0.3, -0.25) is 23.7 Å². The first kappa shape index (κ1) is 24.8. The maximum absolute atomic E-state index is 13.8. The molecule has 2 aliphatic heterocycles. The minimum Gasteiger partial charge on any atom is -0.325 e. The molecule has 4 aromatic rings. The van der Waals surface area contributed by atoms with E-state index in [0.717, 1.165) is 21.4 Å². The average molecular weight is 607 g/mol. The van der Waals surface area contributed by atoms with E-state index < -0.39 is 17.1 Å². The largest absolute Gasteiger partial charge is 0.325 e. The molecule has 3 atom stereocenters. The lowest BCUT2D eigenvalue weighted by atomic mass is 9.83. The summed E-state index contributed by atoms with van der Waals surface area (Å²) in [6.07, 6.45) is 0. The summed E-state index contributed by atoms with van der Waals surface area (Å²) in [5.41, 5.74) is 1.99. The fourth-order valence-electron chi connectivity index (χ4n) is 4.98. The molecule has 10 heteroatoms. The van der Waals surface area contributed by atoms with Crippen molar-refractivity contribution in [3.63, 3.8) is 0 Å². The topological polar surface area (TPSA) is 88.5 Å². The number of nitrogens with one attached hydrogen (secondary N) is 1. The first-order valence-electron chi connectivity index (χ1n) is 11.9. The molecule has 3 aromatic carbocycles. The van der Waals surface area contributed by atoms with Crippen LogP contribution in [-0.4, -0.2) is 27.5 Å². The first-order chi connectivity index (χ1) is 18.4. The van der Waals surface area contributed by atoms with Crippen LogP contribution in [0, 0.1) is 5.92 Å². The van der Waals surface area contributed by atoms with Crippen molar-refractivity contribution in [2.45, 2.75) is 22.7 Å². The number of rotatable bonds is 5. The zero-order valence-corrected chi connectivity index (χ0v) is 23.0. The molecule has 0 spiro atoms. The van der Waals surface area contributed by atoms with Gasteiger partial charge in [-0.05, 0) is 42.0 Å². The van der Waals surface area contributed by atoms with Gasteiger partial charge in [0.2, 0.25) is 17.7 Å². The summed E-state index contributed by atoms with van der Waals surface area (Å²) in [7, 11) is 0. The van der Waals surface area contributed by atoms with Crippen molar-refractivity contribution in [2.24, 2.45) is 5.92 Å². The highest BCUT2D eigenvalue weighted by atomic mass is 79.9. The molecule has 3 amide bonds. The molecule has 0 radical (unpaired) electrons. The van der Waals surface area contributed by atoms with Gasteiger partial charge in [0, 0.05) is 21.0 Å². The standard InChI is InChI=1S/C28H20BrN3O4S2/c29-17-13-11-16(12-14-17)21-22-23(26(35)32(25(22)34)19-9-5-2-6-10-19)37-27-24(21)38-28(36)31(27)15-20(33)30-18-7-3-1-4-8-18/h1-14,21-23H,15H2,(H,30,33). The second-order valence-electron chi connectivity index (χ2n) is 8.98. The number of para-hydroxylation sites is 2. The molecule has 3 heterocycles. The summed E-state index contributed by atoms with van der Waals surface area (Å²) in [6.45, 7) is -0.193. The van der Waals surface area contributed by atoms with Crippen molar-refractivity contribution in [2.75, 3.05) is 10.2 Å². The highest BCUT2D eigenvalue weighted by Crippen LogP contribution is 2.53. The van der Waals surface area contributed by atoms with E-state index in [0.29, 0.717) is 21.3 Å². The van der Waals surface area contributed by atoms with Crippen molar-refractivity contribution in [3.05, 3.63) is 110 Å². The number of amides is 3. The van der Waals surface area contributed by atoms with Gasteiger partial charge in [0.15, 0.2) is 0 Å². The number of imide groups is 1. The van der Waals surface area contributed by atoms with Gasteiger partial charge in [0.05, 0.1) is 16.6 Å². The van der Waals surface area contributed by atoms with Gasteiger partial charge < -0.3 is 5.32 Å². The fourth-order valence-corrected chi connectivity index (χ4v) is 8.02. The number of nitrogens with zero attached hydrogens (tertiary/aromatic N) is 2. The number of thioether (sulfide) groups is 1. The number of halogens is 1. The number of aromatic nitrogens is 1. The van der Waals surface area contributed by atoms with Crippen molar-refractivity contribution < 1.29 is 14.4 Å². The van der Waals surface area contributed by atoms with E-state index in [9.17, 15) is 19.2 Å². The van der Waals surface area contributed by atoms with Crippen LogP contribution in [0.1, 0.15) is 16.4 Å². The Balaban J connectivity index is 1.42. The SMILES string of the molecule is O=C(Cn1c2c(sc1=O)C(c1ccc(Br)cc1)C1C(=O)N(c3ccccc3)C(=O)C1S2)Nc1ccccc1. The second-order valence-corrected chi connectivity index (χ2v) is 12.0. The molecule has 1 aromatic heterocycles. The van der Waals surface area contributed by atoms with Gasteiger partial charge in [0.1, 0.15) is 11.8 Å². The van der Waals surface area contributed by atoms with Crippen LogP contribution in [0.5, 0.6) is 0 Å². The molecule has 190 valence electrons. The number of hydrogen-bond donors (Lipinski definition) is 1. The van der Waals surface area contributed by atoms with Gasteiger partial charge in [-0.1, -0.05) is 87.6 Å². The van der Waals surface area contributed by atoms with Crippen LogP contribution in [0.2, 0.25) is 0 Å². The first-order valence-corrected chi connectivity index (χ1v) is 14.3. The van der Waals surface area contributed by atoms with Crippen LogP contribution in [0.3, 0.4) is 0 Å². The van der Waals surface area contributed by atoms with Crippen LogP contribution in [-0.2, 0) is 20.9 Å². The molecule has 1 fully saturated rings. The van der Waals surface area contributed by atoms with Crippen LogP contribution >= 0.6 is 39.0 Å². The Hall–Kier alpha value is -3.47. The number of fused-ring (bicyclic) bond motifs is 2. The number of anilines is 2. The molecule has 0 saturated carbocycles. The summed E-state index contributed by atoms with van der Waals surface area (Å²) >= 11 is 5.70. The van der Waals surface area contributed by atoms with Crippen LogP contribution < -0.4 is 15.1 Å². The van der Waals surface area contributed by atoms with Gasteiger partial charge in [-0.15, -0.1) is 0 Å². The Morgan fingerprint density at radius 2 is 1.53 bits per heavy atom. The summed E-state index contributed by atoms with van der Waals surface area (Å²) in [5, 5.41) is 2.66. The summed E-state index contributed by atoms with van der Waals surface area (Å²) in [4.78, 5) is 55.2. The minimum absolute atomic E-state index is 0.193. The number of hydrogen-bond acceptors (Lipinski definition) is 6. The van der Waals surface area contributed by atoms with Gasteiger partial charge in [-0.25, -0.2) is 4.90 Å². The molecule has 3 unspecified atom stereocenters. The van der Waals surface area contributed by atoms with Crippen LogP contribution in [0.25, 0.3) is 0 Å². The molecule has 1 saturated heterocycles. The zero-order valence-electron chi connectivity index (χ0n) is 19.7. The van der Waals surface area contributed by atoms with Crippen molar-refractivity contribution in [1.29, 1.82) is 0 Å². The number of carbonyl (C=O) groups excluding carboxylic acids is 3. The maximum Gasteiger partial charge on any atom is 0.308 e. The van der Waals surface area contributed by atoms with Gasteiger partial charge >= 0.3 is 4.87 Å². The quantitative estimate of drug-likeness (QED) is 0.319. The third-order valence-corrected chi connectivity index (χ3v) is 9.78. The average Bonchev–Trinajstić information content (AvgIpc) is 3.36. The summed E-state index contributed by atoms with van der Waals surface area (Å²) in [5.74, 6) is -2.12. The predicted octanol–water partition coefficient (Wildman–Crippen LogP) is 5.11. The van der Waals surface area contributed by atoms with E-state index in [1.165, 1.54) is 21.2 Å². The summed E-state index contributed by atoms with van der Waals surface area (Å²) in [6, 6.07) is 25.5. The van der Waals surface area contributed by atoms with Crippen molar-refractivity contribution in [1.82, 2.24) is 4.57 Å². The van der Waals surface area contributed by atoms with E-state index in [1.807, 2.05) is 48.5 Å². The summed E-state index contributed by atoms with van der Waals surface area (Å²) < 4.78 is 2.31. The van der Waals surface area contributed by atoms with E-state index in [4.69, 9.17) is 0 Å². The normalized spacial score (nSPS) is 20.2. The molecule has 2 aliphatic rings. The molecule has 0 bridgehead atoms. The lowest BCUT2D eigenvalue weighted by molar-refractivity contribution is -0.122. The van der Waals surface area contributed by atoms with Crippen LogP contribution in [0.4, 0.5) is 11.4 Å². The van der Waals surface area contributed by atoms with Crippen LogP contribution in [0.15, 0.2) is 99.2 Å². The third kappa shape index (κ3) is 4.32. The second kappa shape index (κ2) is 10.0. The molecule has 1 N–H and O–H groups in total. The number of carbonyl (C=O) groups is 3. The number of benzene rings is 3. The van der Waals surface area contributed by atoms with E-state index in [2.05, 4.69) is 21.2 Å². The highest BCUT2D eigenvalue weighted by molar-refractivity contribution is 9.10. The lowest BCUT2D eigenvalue weighted by Gasteiger charge is -2.30. The zero-order chi connectivity index (χ0) is 26.4. The molecule has 7 nitrogen and oxygen atoms in total. The molecular formula is C28H20BrN3O4S2. The monoisotopic (exact) mass is 605 g/mol. The fraction of sp³-hybridized carbons (Fsp3) is 0.143. The maximum atomic E-state index is 13.8. The van der Waals surface area contributed by atoms with Gasteiger partial charge in [0.25, 0.3) is 0 Å². The third-order valence-electron chi connectivity index (χ3n) is 6.65. The van der Waals surface area contributed by atoms with E-state index in [1.54, 1.807) is 36.4 Å². The molecular weight excluding hydrogens is 586 g/mol. The molecule has 6 rings (SSSR count). The Morgan fingerprint density at radius 3 is 2.21 bits per heavy atom. The van der Waals surface area contributed by atoms with Crippen molar-refractivity contribution in [3.8, 4) is 0 Å². The van der Waals surface area contributed by atoms with Gasteiger partial charge in [-0.2, -0.15) is 0 Å². The number of thiazole rings is 1.